The second-order valence-electron chi connectivity index (χ2n) is 10.4. The Morgan fingerprint density at radius 1 is 1.18 bits per heavy atom. The number of carbonyl (C=O) groups excluding carboxylic acids is 2. The number of hydrogen-bond acceptors (Lipinski definition) is 7. The number of hydrogen-bond donors (Lipinski definition) is 2. The molecule has 0 spiro atoms. The first kappa shape index (κ1) is 26.2. The van der Waals surface area contributed by atoms with Crippen molar-refractivity contribution < 1.29 is 14.0 Å². The molecular weight excluding hydrogens is 533 g/mol. The number of piperazine rings is 1. The number of H-pyrrole nitrogens is 1. The maximum Gasteiger partial charge on any atom is 0.326 e. The van der Waals surface area contributed by atoms with Gasteiger partial charge in [-0.3, -0.25) is 19.5 Å². The zero-order chi connectivity index (χ0) is 28.0. The molecule has 2 amide bonds. The summed E-state index contributed by atoms with van der Waals surface area (Å²) in [4.78, 5) is 53.5. The van der Waals surface area contributed by atoms with Gasteiger partial charge in [0.2, 0.25) is 5.91 Å². The van der Waals surface area contributed by atoms with Gasteiger partial charge in [0.1, 0.15) is 12.4 Å². The van der Waals surface area contributed by atoms with Gasteiger partial charge < -0.3 is 19.7 Å². The molecule has 2 N–H and O–H groups in total. The van der Waals surface area contributed by atoms with Gasteiger partial charge in [0.25, 0.3) is 5.91 Å². The van der Waals surface area contributed by atoms with E-state index in [1.807, 2.05) is 30.0 Å². The lowest BCUT2D eigenvalue weighted by Gasteiger charge is -2.41. The van der Waals surface area contributed by atoms with Crippen molar-refractivity contribution in [3.05, 3.63) is 74.9 Å². The van der Waals surface area contributed by atoms with Gasteiger partial charge in [-0.25, -0.2) is 14.2 Å². The minimum absolute atomic E-state index is 0.0645. The lowest BCUT2D eigenvalue weighted by Crippen LogP contribution is -2.55. The van der Waals surface area contributed by atoms with Crippen molar-refractivity contribution in [1.29, 1.82) is 0 Å². The summed E-state index contributed by atoms with van der Waals surface area (Å²) in [5, 5.41) is 3.39. The molecule has 40 heavy (non-hydrogen) atoms. The van der Waals surface area contributed by atoms with Crippen LogP contribution in [0.25, 0.3) is 11.0 Å². The Kier molecular flexibility index (Phi) is 6.88. The molecule has 2 aliphatic heterocycles. The van der Waals surface area contributed by atoms with Crippen LogP contribution in [0.2, 0.25) is 0 Å². The van der Waals surface area contributed by atoms with Crippen molar-refractivity contribution >= 4 is 45.0 Å². The molecule has 1 atom stereocenters. The zero-order valence-corrected chi connectivity index (χ0v) is 23.1. The Bertz CT molecular complexity index is 1660. The third-order valence-electron chi connectivity index (χ3n) is 7.61. The molecule has 1 saturated heterocycles. The summed E-state index contributed by atoms with van der Waals surface area (Å²) < 4.78 is 15.8. The lowest BCUT2D eigenvalue weighted by molar-refractivity contribution is -0.134. The average molecular weight is 564 g/mol. The molecule has 0 saturated carbocycles. The third kappa shape index (κ3) is 5.00. The molecule has 0 bridgehead atoms. The van der Waals surface area contributed by atoms with Crippen LogP contribution in [0.15, 0.2) is 47.3 Å². The van der Waals surface area contributed by atoms with Crippen LogP contribution in [0.4, 0.5) is 15.2 Å². The highest BCUT2D eigenvalue weighted by atomic mass is 32.1. The van der Waals surface area contributed by atoms with E-state index in [1.165, 1.54) is 28.0 Å². The standard InChI is InChI=1S/C28H30FN7O3S/c1-17-14-34(11-12-35(17)25(37)16-36-23-6-4-3-5-20(23)31-28(36)39)22-8-7-18(29)13-19(22)26(38)32-27-30-21-9-10-33(2)15-24(21)40-27/h3-8,13,17H,9-12,14-16H2,1-2H3,(H,31,39)(H,30,32,38)/t17-/m1/s1. The van der Waals surface area contributed by atoms with Crippen LogP contribution >= 0.6 is 11.3 Å². The molecule has 12 heteroatoms. The first-order chi connectivity index (χ1) is 19.3. The molecule has 6 rings (SSSR count). The van der Waals surface area contributed by atoms with Gasteiger partial charge in [-0.1, -0.05) is 12.1 Å². The van der Waals surface area contributed by atoms with E-state index in [-0.39, 0.29) is 29.7 Å². The van der Waals surface area contributed by atoms with E-state index >= 15 is 0 Å². The quantitative estimate of drug-likeness (QED) is 0.387. The number of likely N-dealkylation sites (N-methyl/N-ethyl adjacent to an activating group) is 1. The van der Waals surface area contributed by atoms with Crippen LogP contribution in [-0.4, -0.2) is 75.4 Å². The number of carbonyl (C=O) groups is 2. The predicted octanol–water partition coefficient (Wildman–Crippen LogP) is 2.90. The first-order valence-corrected chi connectivity index (χ1v) is 14.1. The van der Waals surface area contributed by atoms with E-state index in [4.69, 9.17) is 0 Å². The van der Waals surface area contributed by atoms with E-state index in [0.29, 0.717) is 41.5 Å². The Morgan fingerprint density at radius 3 is 2.83 bits per heavy atom. The number of amides is 2. The topological polar surface area (TPSA) is 107 Å². The fourth-order valence-electron chi connectivity index (χ4n) is 5.54. The summed E-state index contributed by atoms with van der Waals surface area (Å²) in [6, 6.07) is 11.3. The third-order valence-corrected chi connectivity index (χ3v) is 8.61. The Hall–Kier alpha value is -4.03. The molecule has 0 aliphatic carbocycles. The number of benzene rings is 2. The molecular formula is C28H30FN7O3S. The SMILES string of the molecule is C[C@@H]1CN(c2ccc(F)cc2C(=O)Nc2nc3c(s2)CN(C)CC3)CCN1C(=O)Cn1c(=O)[nH]c2ccccc21. The van der Waals surface area contributed by atoms with Crippen LogP contribution in [-0.2, 0) is 24.3 Å². The molecule has 0 radical (unpaired) electrons. The average Bonchev–Trinajstić information content (AvgIpc) is 3.47. The van der Waals surface area contributed by atoms with Crippen LogP contribution < -0.4 is 15.9 Å². The minimum atomic E-state index is -0.500. The summed E-state index contributed by atoms with van der Waals surface area (Å²) in [7, 11) is 2.05. The minimum Gasteiger partial charge on any atom is -0.367 e. The van der Waals surface area contributed by atoms with Crippen molar-refractivity contribution in [1.82, 2.24) is 24.3 Å². The van der Waals surface area contributed by atoms with E-state index in [2.05, 4.69) is 27.2 Å². The van der Waals surface area contributed by atoms with E-state index in [9.17, 15) is 18.8 Å². The van der Waals surface area contributed by atoms with Gasteiger partial charge in [-0.2, -0.15) is 0 Å². The normalized spacial score (nSPS) is 17.7. The molecule has 208 valence electrons. The largest absolute Gasteiger partial charge is 0.367 e. The van der Waals surface area contributed by atoms with Gasteiger partial charge in [0.05, 0.1) is 22.3 Å². The summed E-state index contributed by atoms with van der Waals surface area (Å²) in [5.74, 6) is -1.08. The molecule has 0 unspecified atom stereocenters. The molecule has 2 aromatic carbocycles. The Labute approximate surface area is 234 Å². The van der Waals surface area contributed by atoms with Gasteiger partial charge in [-0.05, 0) is 44.3 Å². The fourth-order valence-corrected chi connectivity index (χ4v) is 6.63. The second-order valence-corrected chi connectivity index (χ2v) is 11.5. The number of aromatic nitrogens is 3. The van der Waals surface area contributed by atoms with Crippen molar-refractivity contribution in [2.24, 2.45) is 0 Å². The van der Waals surface area contributed by atoms with Gasteiger partial charge >= 0.3 is 5.69 Å². The Morgan fingerprint density at radius 2 is 2.00 bits per heavy atom. The number of halogens is 1. The fraction of sp³-hybridized carbons (Fsp3) is 0.357. The van der Waals surface area contributed by atoms with Crippen LogP contribution in [0.1, 0.15) is 27.9 Å². The van der Waals surface area contributed by atoms with E-state index < -0.39 is 11.7 Å². The highest BCUT2D eigenvalue weighted by molar-refractivity contribution is 7.15. The summed E-state index contributed by atoms with van der Waals surface area (Å²) in [5.41, 5.74) is 2.88. The van der Waals surface area contributed by atoms with Crippen molar-refractivity contribution in [3.8, 4) is 0 Å². The molecule has 4 aromatic rings. The van der Waals surface area contributed by atoms with Crippen molar-refractivity contribution in [3.63, 3.8) is 0 Å². The monoisotopic (exact) mass is 563 g/mol. The predicted molar refractivity (Wildman–Crippen MR) is 152 cm³/mol. The number of imidazole rings is 1. The molecule has 4 heterocycles. The molecule has 10 nitrogen and oxygen atoms in total. The number of para-hydroxylation sites is 2. The van der Waals surface area contributed by atoms with Gasteiger partial charge in [0, 0.05) is 55.8 Å². The van der Waals surface area contributed by atoms with Crippen LogP contribution in [0.5, 0.6) is 0 Å². The Balaban J connectivity index is 1.17. The number of aromatic amines is 1. The smallest absolute Gasteiger partial charge is 0.326 e. The highest BCUT2D eigenvalue weighted by Crippen LogP contribution is 2.30. The maximum absolute atomic E-state index is 14.3. The molecule has 2 aromatic heterocycles. The van der Waals surface area contributed by atoms with E-state index in [0.717, 1.165) is 30.1 Å². The second kappa shape index (κ2) is 10.5. The summed E-state index contributed by atoms with van der Waals surface area (Å²) in [6.45, 7) is 4.91. The van der Waals surface area contributed by atoms with Gasteiger partial charge in [0.15, 0.2) is 5.13 Å². The maximum atomic E-state index is 14.3. The number of thiazole rings is 1. The number of nitrogens with one attached hydrogen (secondary N) is 2. The summed E-state index contributed by atoms with van der Waals surface area (Å²) in [6.07, 6.45) is 0.833. The van der Waals surface area contributed by atoms with Crippen molar-refractivity contribution in [2.75, 3.05) is 43.4 Å². The lowest BCUT2D eigenvalue weighted by atomic mass is 10.1. The highest BCUT2D eigenvalue weighted by Gasteiger charge is 2.30. The van der Waals surface area contributed by atoms with Crippen LogP contribution in [0.3, 0.4) is 0 Å². The summed E-state index contributed by atoms with van der Waals surface area (Å²) >= 11 is 1.45. The van der Waals surface area contributed by atoms with Crippen LogP contribution in [0, 0.1) is 5.82 Å². The number of fused-ring (bicyclic) bond motifs is 2. The van der Waals surface area contributed by atoms with E-state index in [1.54, 1.807) is 17.0 Å². The number of anilines is 2. The number of rotatable bonds is 5. The van der Waals surface area contributed by atoms with Gasteiger partial charge in [-0.15, -0.1) is 11.3 Å². The molecule has 1 fully saturated rings. The first-order valence-electron chi connectivity index (χ1n) is 13.3. The number of nitrogens with zero attached hydrogens (tertiary/aromatic N) is 5. The molecule has 2 aliphatic rings. The zero-order valence-electron chi connectivity index (χ0n) is 22.3. The van der Waals surface area contributed by atoms with Crippen molar-refractivity contribution in [2.45, 2.75) is 32.5 Å².